The van der Waals surface area contributed by atoms with Gasteiger partial charge in [-0.1, -0.05) is 48.0 Å². The number of benzene rings is 3. The van der Waals surface area contributed by atoms with Crippen LogP contribution in [0, 0.1) is 0 Å². The number of anilines is 1. The molecule has 1 heterocycles. The SMILES string of the molecule is COc1ccc(C(=O)CC2(O)C(=O)N(Cc3ccccc3Cl)c3ccccc32)cc1. The molecule has 1 amide bonds. The Hall–Kier alpha value is -3.15. The molecule has 3 aromatic rings. The van der Waals surface area contributed by atoms with Crippen molar-refractivity contribution in [2.45, 2.75) is 18.6 Å². The van der Waals surface area contributed by atoms with Crippen molar-refractivity contribution in [1.29, 1.82) is 0 Å². The summed E-state index contributed by atoms with van der Waals surface area (Å²) in [5.74, 6) is -0.244. The van der Waals surface area contributed by atoms with Crippen molar-refractivity contribution < 1.29 is 19.4 Å². The quantitative estimate of drug-likeness (QED) is 0.601. The van der Waals surface area contributed by atoms with Crippen LogP contribution in [0.2, 0.25) is 5.02 Å². The third kappa shape index (κ3) is 3.47. The molecule has 3 aromatic carbocycles. The van der Waals surface area contributed by atoms with E-state index in [0.717, 1.165) is 5.56 Å². The van der Waals surface area contributed by atoms with E-state index in [2.05, 4.69) is 0 Å². The van der Waals surface area contributed by atoms with Crippen LogP contribution < -0.4 is 9.64 Å². The lowest BCUT2D eigenvalue weighted by atomic mass is 9.88. The maximum Gasteiger partial charge on any atom is 0.264 e. The second-order valence-electron chi connectivity index (χ2n) is 7.19. The molecule has 5 nitrogen and oxygen atoms in total. The van der Waals surface area contributed by atoms with Crippen LogP contribution in [-0.4, -0.2) is 23.9 Å². The van der Waals surface area contributed by atoms with Crippen molar-refractivity contribution in [3.8, 4) is 5.75 Å². The van der Waals surface area contributed by atoms with Crippen molar-refractivity contribution in [1.82, 2.24) is 0 Å². The summed E-state index contributed by atoms with van der Waals surface area (Å²) in [6.45, 7) is 0.203. The number of methoxy groups -OCH3 is 1. The number of hydrogen-bond acceptors (Lipinski definition) is 4. The molecular weight excluding hydrogens is 402 g/mol. The Bertz CT molecular complexity index is 1110. The number of para-hydroxylation sites is 1. The molecule has 1 aliphatic rings. The maximum atomic E-state index is 13.3. The molecule has 1 unspecified atom stereocenters. The first-order chi connectivity index (χ1) is 14.4. The standard InChI is InChI=1S/C24H20ClNO4/c1-30-18-12-10-16(11-13-18)22(27)14-24(29)19-7-3-5-9-21(19)26(23(24)28)15-17-6-2-4-8-20(17)25/h2-13,29H,14-15H2,1H3. The maximum absolute atomic E-state index is 13.3. The van der Waals surface area contributed by atoms with Gasteiger partial charge < -0.3 is 14.7 Å². The number of carbonyl (C=O) groups is 2. The van der Waals surface area contributed by atoms with Crippen LogP contribution in [0.1, 0.15) is 27.9 Å². The van der Waals surface area contributed by atoms with Crippen molar-refractivity contribution in [2.24, 2.45) is 0 Å². The molecule has 30 heavy (non-hydrogen) atoms. The van der Waals surface area contributed by atoms with E-state index in [1.54, 1.807) is 61.7 Å². The van der Waals surface area contributed by atoms with Gasteiger partial charge in [0.2, 0.25) is 0 Å². The zero-order chi connectivity index (χ0) is 21.3. The molecule has 152 valence electrons. The van der Waals surface area contributed by atoms with Crippen molar-refractivity contribution in [3.05, 3.63) is 94.5 Å². The fourth-order valence-electron chi connectivity index (χ4n) is 3.74. The summed E-state index contributed by atoms with van der Waals surface area (Å²) in [6, 6.07) is 20.8. The van der Waals surface area contributed by atoms with Gasteiger partial charge in [0.1, 0.15) is 5.75 Å². The Kier molecular flexibility index (Phi) is 5.33. The predicted molar refractivity (Wildman–Crippen MR) is 115 cm³/mol. The molecule has 0 saturated carbocycles. The summed E-state index contributed by atoms with van der Waals surface area (Å²) in [7, 11) is 1.54. The van der Waals surface area contributed by atoms with Crippen LogP contribution in [0.5, 0.6) is 5.75 Å². The van der Waals surface area contributed by atoms with Gasteiger partial charge >= 0.3 is 0 Å². The number of ketones is 1. The fourth-order valence-corrected chi connectivity index (χ4v) is 3.94. The second-order valence-corrected chi connectivity index (χ2v) is 7.60. The number of Topliss-reactive ketones (excluding diaryl/α,β-unsaturated/α-hetero) is 1. The molecular formula is C24H20ClNO4. The van der Waals surface area contributed by atoms with E-state index in [0.29, 0.717) is 27.6 Å². The first-order valence-electron chi connectivity index (χ1n) is 9.48. The average Bonchev–Trinajstić information content (AvgIpc) is 2.97. The molecule has 0 saturated heterocycles. The van der Waals surface area contributed by atoms with Gasteiger partial charge in [0, 0.05) is 16.1 Å². The van der Waals surface area contributed by atoms with Gasteiger partial charge in [-0.25, -0.2) is 0 Å². The minimum Gasteiger partial charge on any atom is -0.497 e. The van der Waals surface area contributed by atoms with Crippen LogP contribution in [0.15, 0.2) is 72.8 Å². The molecule has 0 spiro atoms. The lowest BCUT2D eigenvalue weighted by molar-refractivity contribution is -0.136. The van der Waals surface area contributed by atoms with Gasteiger partial charge in [0.25, 0.3) is 5.91 Å². The first kappa shape index (κ1) is 20.1. The molecule has 1 N–H and O–H groups in total. The Morgan fingerprint density at radius 2 is 1.70 bits per heavy atom. The number of halogens is 1. The van der Waals surface area contributed by atoms with Gasteiger partial charge in [-0.15, -0.1) is 0 Å². The summed E-state index contributed by atoms with van der Waals surface area (Å²) in [5, 5.41) is 11.9. The Balaban J connectivity index is 1.66. The van der Waals surface area contributed by atoms with Gasteiger partial charge in [-0.05, 0) is 42.0 Å². The summed E-state index contributed by atoms with van der Waals surface area (Å²) >= 11 is 6.27. The van der Waals surface area contributed by atoms with Crippen LogP contribution in [0.3, 0.4) is 0 Å². The molecule has 0 bridgehead atoms. The zero-order valence-electron chi connectivity index (χ0n) is 16.3. The number of nitrogens with zero attached hydrogens (tertiary/aromatic N) is 1. The van der Waals surface area contributed by atoms with Crippen LogP contribution in [-0.2, 0) is 16.9 Å². The minimum absolute atomic E-state index is 0.203. The van der Waals surface area contributed by atoms with Crippen molar-refractivity contribution in [2.75, 3.05) is 12.0 Å². The number of carbonyl (C=O) groups excluding carboxylic acids is 2. The van der Waals surface area contributed by atoms with Crippen LogP contribution >= 0.6 is 11.6 Å². The van der Waals surface area contributed by atoms with E-state index in [1.807, 2.05) is 18.2 Å². The fraction of sp³-hybridized carbons (Fsp3) is 0.167. The van der Waals surface area contributed by atoms with E-state index >= 15 is 0 Å². The first-order valence-corrected chi connectivity index (χ1v) is 9.86. The number of hydrogen-bond donors (Lipinski definition) is 1. The van der Waals surface area contributed by atoms with Crippen LogP contribution in [0.25, 0.3) is 0 Å². The number of rotatable bonds is 6. The molecule has 0 aromatic heterocycles. The second kappa shape index (κ2) is 7.94. The normalized spacial score (nSPS) is 17.7. The van der Waals surface area contributed by atoms with Gasteiger partial charge in [-0.3, -0.25) is 9.59 Å². The van der Waals surface area contributed by atoms with Crippen molar-refractivity contribution in [3.63, 3.8) is 0 Å². The molecule has 4 rings (SSSR count). The predicted octanol–water partition coefficient (Wildman–Crippen LogP) is 4.36. The van der Waals surface area contributed by atoms with Crippen molar-refractivity contribution >= 4 is 29.0 Å². The zero-order valence-corrected chi connectivity index (χ0v) is 17.1. The largest absolute Gasteiger partial charge is 0.497 e. The Labute approximate surface area is 179 Å². The number of ether oxygens (including phenoxy) is 1. The monoisotopic (exact) mass is 421 g/mol. The van der Waals surface area contributed by atoms with Gasteiger partial charge in [0.15, 0.2) is 11.4 Å². The lowest BCUT2D eigenvalue weighted by Crippen LogP contribution is -2.41. The summed E-state index contributed by atoms with van der Waals surface area (Å²) < 4.78 is 5.11. The molecule has 6 heteroatoms. The van der Waals surface area contributed by atoms with Gasteiger partial charge in [-0.2, -0.15) is 0 Å². The van der Waals surface area contributed by atoms with E-state index in [-0.39, 0.29) is 18.7 Å². The highest BCUT2D eigenvalue weighted by molar-refractivity contribution is 6.31. The van der Waals surface area contributed by atoms with Crippen LogP contribution in [0.4, 0.5) is 5.69 Å². The molecule has 1 atom stereocenters. The van der Waals surface area contributed by atoms with E-state index < -0.39 is 11.5 Å². The average molecular weight is 422 g/mol. The number of aliphatic hydroxyl groups is 1. The number of amides is 1. The topological polar surface area (TPSA) is 66.8 Å². The lowest BCUT2D eigenvalue weighted by Gasteiger charge is -2.23. The molecule has 0 aliphatic carbocycles. The van der Waals surface area contributed by atoms with E-state index in [4.69, 9.17) is 16.3 Å². The third-order valence-electron chi connectivity index (χ3n) is 5.35. The Morgan fingerprint density at radius 1 is 1.03 bits per heavy atom. The highest BCUT2D eigenvalue weighted by Gasteiger charge is 2.50. The van der Waals surface area contributed by atoms with Gasteiger partial charge in [0.05, 0.1) is 25.8 Å². The number of fused-ring (bicyclic) bond motifs is 1. The summed E-state index contributed by atoms with van der Waals surface area (Å²) in [5.41, 5.74) is 0.220. The summed E-state index contributed by atoms with van der Waals surface area (Å²) in [4.78, 5) is 27.7. The van der Waals surface area contributed by atoms with E-state index in [9.17, 15) is 14.7 Å². The molecule has 0 fully saturated rings. The molecule has 1 aliphatic heterocycles. The van der Waals surface area contributed by atoms with E-state index in [1.165, 1.54) is 4.90 Å². The smallest absolute Gasteiger partial charge is 0.264 e. The third-order valence-corrected chi connectivity index (χ3v) is 5.72. The highest BCUT2D eigenvalue weighted by atomic mass is 35.5. The summed E-state index contributed by atoms with van der Waals surface area (Å²) in [6.07, 6.45) is -0.353. The Morgan fingerprint density at radius 3 is 2.40 bits per heavy atom. The molecule has 0 radical (unpaired) electrons. The minimum atomic E-state index is -1.94. The highest BCUT2D eigenvalue weighted by Crippen LogP contribution is 2.43.